The first kappa shape index (κ1) is 41.3. The van der Waals surface area contributed by atoms with Gasteiger partial charge in [-0.1, -0.05) is 224 Å². The minimum atomic E-state index is -2.59. The van der Waals surface area contributed by atoms with Crippen molar-refractivity contribution < 1.29 is 10.2 Å². The number of para-hydroxylation sites is 2. The van der Waals surface area contributed by atoms with Crippen molar-refractivity contribution in [2.75, 3.05) is 0 Å². The van der Waals surface area contributed by atoms with Gasteiger partial charge in [0.1, 0.15) is 31.7 Å². The lowest BCUT2D eigenvalue weighted by molar-refractivity contribution is 0.477. The normalized spacial score (nSPS) is 12.6. The standard InChI is InChI=1S/C47H42N2O2Si2.C7H8/c1-53(40-27-13-5-14-28-40,41-29-15-6-16-30-41)43-32-18-24-38(47(43)51)34-49-45(36-21-9-3-10-22-36)44(35-19-7-2-8-20-35)48-33-37-23-17-31-42(46(37)50)52-39-25-11-4-12-26-39;1-7-5-3-2-4-6-7/h2-34,44-45,50-51H,52H2,1H3;2-6H,1H3. The van der Waals surface area contributed by atoms with Crippen LogP contribution in [0.3, 0.4) is 0 Å². The second kappa shape index (κ2) is 20.2. The lowest BCUT2D eigenvalue weighted by atomic mass is 9.94. The van der Waals surface area contributed by atoms with Gasteiger partial charge in [-0.25, -0.2) is 0 Å². The molecule has 0 aliphatic carbocycles. The van der Waals surface area contributed by atoms with E-state index in [9.17, 15) is 10.2 Å². The van der Waals surface area contributed by atoms with E-state index in [0.717, 1.165) is 21.5 Å². The summed E-state index contributed by atoms with van der Waals surface area (Å²) < 4.78 is 0. The highest BCUT2D eigenvalue weighted by Gasteiger charge is 2.36. The molecule has 0 radical (unpaired) electrons. The highest BCUT2D eigenvalue weighted by molar-refractivity contribution is 7.11. The summed E-state index contributed by atoms with van der Waals surface area (Å²) in [5.74, 6) is 0.526. The molecule has 0 saturated carbocycles. The summed E-state index contributed by atoms with van der Waals surface area (Å²) in [5.41, 5.74) is 4.64. The van der Waals surface area contributed by atoms with Gasteiger partial charge >= 0.3 is 0 Å². The maximum atomic E-state index is 12.1. The molecular weight excluding hydrogens is 765 g/mol. The van der Waals surface area contributed by atoms with Crippen LogP contribution in [-0.2, 0) is 0 Å². The van der Waals surface area contributed by atoms with Crippen molar-refractivity contribution >= 4 is 56.0 Å². The number of phenolic OH excluding ortho intramolecular Hbond substituents is 2. The SMILES string of the molecule is C[Si](c1ccccc1)(c1ccccc1)c1cccc(C=NC(c2ccccc2)C(N=Cc2cccc([SiH2]c3ccccc3)c2O)c2ccccc2)c1O.Cc1ccccc1. The zero-order valence-corrected chi connectivity index (χ0v) is 36.5. The highest BCUT2D eigenvalue weighted by atomic mass is 28.3. The van der Waals surface area contributed by atoms with Crippen LogP contribution in [0.25, 0.3) is 0 Å². The zero-order valence-electron chi connectivity index (χ0n) is 34.1. The Bertz CT molecular complexity index is 2570. The van der Waals surface area contributed by atoms with Crippen LogP contribution in [0.15, 0.2) is 228 Å². The fourth-order valence-corrected chi connectivity index (χ4v) is 12.9. The second-order valence-electron chi connectivity index (χ2n) is 15.0. The van der Waals surface area contributed by atoms with Crippen molar-refractivity contribution in [2.45, 2.75) is 25.6 Å². The van der Waals surface area contributed by atoms with Crippen molar-refractivity contribution in [1.29, 1.82) is 0 Å². The van der Waals surface area contributed by atoms with E-state index in [2.05, 4.69) is 117 Å². The molecule has 2 N–H and O–H groups in total. The van der Waals surface area contributed by atoms with Crippen LogP contribution in [0.1, 0.15) is 39.9 Å². The lowest BCUT2D eigenvalue weighted by Crippen LogP contribution is -2.64. The van der Waals surface area contributed by atoms with Gasteiger partial charge in [0.05, 0.1) is 9.52 Å². The van der Waals surface area contributed by atoms with Gasteiger partial charge in [0, 0.05) is 23.6 Å². The van der Waals surface area contributed by atoms with E-state index in [0.29, 0.717) is 11.1 Å². The van der Waals surface area contributed by atoms with E-state index in [1.807, 2.05) is 115 Å². The topological polar surface area (TPSA) is 65.2 Å². The van der Waals surface area contributed by atoms with E-state index < -0.39 is 29.7 Å². The first-order chi connectivity index (χ1) is 29.4. The van der Waals surface area contributed by atoms with E-state index in [-0.39, 0.29) is 11.5 Å². The maximum absolute atomic E-state index is 12.1. The third-order valence-electron chi connectivity index (χ3n) is 11.0. The van der Waals surface area contributed by atoms with Crippen molar-refractivity contribution in [2.24, 2.45) is 9.98 Å². The molecule has 0 spiro atoms. The van der Waals surface area contributed by atoms with E-state index >= 15 is 0 Å². The van der Waals surface area contributed by atoms with Gasteiger partial charge in [-0.3, -0.25) is 9.98 Å². The molecule has 2 atom stereocenters. The van der Waals surface area contributed by atoms with Crippen molar-refractivity contribution in [3.05, 3.63) is 246 Å². The first-order valence-electron chi connectivity index (χ1n) is 20.4. The summed E-state index contributed by atoms with van der Waals surface area (Å²) in [5, 5.41) is 29.1. The molecule has 60 heavy (non-hydrogen) atoms. The number of aromatic hydroxyl groups is 2. The molecule has 0 amide bonds. The van der Waals surface area contributed by atoms with Crippen LogP contribution >= 0.6 is 0 Å². The number of phenols is 2. The Balaban J connectivity index is 0.000000706. The predicted molar refractivity (Wildman–Crippen MR) is 259 cm³/mol. The fraction of sp³-hybridized carbons (Fsp3) is 0.0741. The molecule has 296 valence electrons. The number of aliphatic imine (C=N–C) groups is 2. The maximum Gasteiger partial charge on any atom is 0.150 e. The van der Waals surface area contributed by atoms with Crippen LogP contribution < -0.4 is 25.9 Å². The Labute approximate surface area is 357 Å². The average molecular weight is 815 g/mol. The van der Waals surface area contributed by atoms with Crippen molar-refractivity contribution in [1.82, 2.24) is 0 Å². The number of benzene rings is 8. The lowest BCUT2D eigenvalue weighted by Gasteiger charge is -2.30. The van der Waals surface area contributed by atoms with Gasteiger partial charge in [0.2, 0.25) is 0 Å². The van der Waals surface area contributed by atoms with Crippen molar-refractivity contribution in [3.8, 4) is 11.5 Å². The van der Waals surface area contributed by atoms with Gasteiger partial charge in [-0.15, -0.1) is 0 Å². The molecule has 0 bridgehead atoms. The highest BCUT2D eigenvalue weighted by Crippen LogP contribution is 2.36. The third-order valence-corrected chi connectivity index (χ3v) is 17.3. The van der Waals surface area contributed by atoms with Crippen LogP contribution in [-0.4, -0.2) is 40.2 Å². The minimum absolute atomic E-state index is 0.244. The molecule has 0 aromatic heterocycles. The second-order valence-corrected chi connectivity index (χ2v) is 20.9. The summed E-state index contributed by atoms with van der Waals surface area (Å²) in [6.45, 7) is 4.38. The Kier molecular flexibility index (Phi) is 13.9. The molecule has 2 unspecified atom stereocenters. The Hall–Kier alpha value is -6.87. The Morgan fingerprint density at radius 1 is 0.450 bits per heavy atom. The molecule has 6 heteroatoms. The molecule has 8 aromatic carbocycles. The number of hydrogen-bond acceptors (Lipinski definition) is 4. The molecule has 0 saturated heterocycles. The number of rotatable bonds is 12. The van der Waals surface area contributed by atoms with Crippen LogP contribution in [0.5, 0.6) is 11.5 Å². The average Bonchev–Trinajstić information content (AvgIpc) is 3.31. The zero-order chi connectivity index (χ0) is 41.6. The molecule has 8 rings (SSSR count). The van der Waals surface area contributed by atoms with Gasteiger partial charge in [0.15, 0.2) is 0 Å². The summed E-state index contributed by atoms with van der Waals surface area (Å²) in [6, 6.07) is 73.1. The summed E-state index contributed by atoms with van der Waals surface area (Å²) in [4.78, 5) is 10.4. The van der Waals surface area contributed by atoms with Crippen LogP contribution in [0.4, 0.5) is 0 Å². The summed E-state index contributed by atoms with van der Waals surface area (Å²) >= 11 is 0. The quantitative estimate of drug-likeness (QED) is 0.0741. The third kappa shape index (κ3) is 10.0. The predicted octanol–water partition coefficient (Wildman–Crippen LogP) is 8.33. The van der Waals surface area contributed by atoms with E-state index in [1.54, 1.807) is 12.4 Å². The molecule has 4 nitrogen and oxygen atoms in total. The molecule has 8 aromatic rings. The Morgan fingerprint density at radius 3 is 1.30 bits per heavy atom. The molecule has 0 aliphatic heterocycles. The van der Waals surface area contributed by atoms with Crippen LogP contribution in [0.2, 0.25) is 6.55 Å². The Morgan fingerprint density at radius 2 is 0.850 bits per heavy atom. The van der Waals surface area contributed by atoms with E-state index in [4.69, 9.17) is 9.98 Å². The fourth-order valence-electron chi connectivity index (χ4n) is 7.62. The van der Waals surface area contributed by atoms with Crippen molar-refractivity contribution in [3.63, 3.8) is 0 Å². The summed E-state index contributed by atoms with van der Waals surface area (Å²) in [7, 11) is -3.46. The molecular formula is C54H50N2O2Si2. The largest absolute Gasteiger partial charge is 0.507 e. The number of aryl methyl sites for hydroxylation is 1. The first-order valence-corrected chi connectivity index (χ1v) is 24.3. The van der Waals surface area contributed by atoms with E-state index in [1.165, 1.54) is 21.1 Å². The van der Waals surface area contributed by atoms with Gasteiger partial charge in [-0.2, -0.15) is 0 Å². The molecule has 0 aliphatic rings. The van der Waals surface area contributed by atoms with Gasteiger partial charge in [-0.05, 0) is 50.9 Å². The smallest absolute Gasteiger partial charge is 0.150 e. The monoisotopic (exact) mass is 814 g/mol. The van der Waals surface area contributed by atoms with Gasteiger partial charge in [0.25, 0.3) is 0 Å². The minimum Gasteiger partial charge on any atom is -0.507 e. The van der Waals surface area contributed by atoms with Crippen LogP contribution in [0, 0.1) is 6.92 Å². The number of nitrogens with zero attached hydrogens (tertiary/aromatic N) is 2. The number of hydrogen-bond donors (Lipinski definition) is 2. The van der Waals surface area contributed by atoms with Gasteiger partial charge < -0.3 is 10.2 Å². The molecule has 0 heterocycles. The molecule has 0 fully saturated rings. The summed E-state index contributed by atoms with van der Waals surface area (Å²) in [6.07, 6.45) is 3.59.